The van der Waals surface area contributed by atoms with Gasteiger partial charge in [0.2, 0.25) is 0 Å². The quantitative estimate of drug-likeness (QED) is 0.492. The molecule has 0 radical (unpaired) electrons. The zero-order valence-electron chi connectivity index (χ0n) is 14.1. The van der Waals surface area contributed by atoms with Crippen molar-refractivity contribution in [3.63, 3.8) is 0 Å². The zero-order chi connectivity index (χ0) is 18.2. The average Bonchev–Trinajstić information content (AvgIpc) is 3.19. The Morgan fingerprint density at radius 1 is 1.15 bits per heavy atom. The summed E-state index contributed by atoms with van der Waals surface area (Å²) in [4.78, 5) is 18.1. The first-order chi connectivity index (χ1) is 12.7. The molecule has 0 aromatic heterocycles. The molecule has 2 aromatic carbocycles. The van der Waals surface area contributed by atoms with Crippen molar-refractivity contribution >= 4 is 57.2 Å². The van der Waals surface area contributed by atoms with Crippen LogP contribution >= 0.6 is 46.9 Å². The lowest BCUT2D eigenvalue weighted by atomic mass is 10.1. The van der Waals surface area contributed by atoms with Crippen LogP contribution in [0, 0.1) is 0 Å². The Morgan fingerprint density at radius 2 is 1.96 bits per heavy atom. The van der Waals surface area contributed by atoms with Gasteiger partial charge in [-0.05, 0) is 35.9 Å². The van der Waals surface area contributed by atoms with Gasteiger partial charge in [-0.25, -0.2) is 0 Å². The summed E-state index contributed by atoms with van der Waals surface area (Å²) in [6, 6.07) is 15.5. The Morgan fingerprint density at radius 3 is 2.73 bits per heavy atom. The Kier molecular flexibility index (Phi) is 7.80. The van der Waals surface area contributed by atoms with Gasteiger partial charge in [-0.2, -0.15) is 0 Å². The second-order valence-electron chi connectivity index (χ2n) is 5.50. The fourth-order valence-corrected chi connectivity index (χ4v) is 5.28. The number of carbonyl (C=O) groups is 1. The van der Waals surface area contributed by atoms with Crippen molar-refractivity contribution in [3.8, 4) is 0 Å². The Hall–Kier alpha value is -1.08. The number of halogens is 1. The van der Waals surface area contributed by atoms with E-state index in [4.69, 9.17) is 11.6 Å². The fourth-order valence-electron chi connectivity index (χ4n) is 2.37. The monoisotopic (exact) mass is 422 g/mol. The van der Waals surface area contributed by atoms with E-state index in [0.717, 1.165) is 49.2 Å². The highest BCUT2D eigenvalue weighted by Crippen LogP contribution is 2.26. The first kappa shape index (κ1) is 19.7. The van der Waals surface area contributed by atoms with E-state index in [-0.39, 0.29) is 5.91 Å². The number of carbonyl (C=O) groups excluding carboxylic acids is 1. The van der Waals surface area contributed by atoms with E-state index in [1.807, 2.05) is 48.5 Å². The predicted octanol–water partition coefficient (Wildman–Crippen LogP) is 5.20. The summed E-state index contributed by atoms with van der Waals surface area (Å²) >= 11 is 11.1. The second-order valence-corrected chi connectivity index (χ2v) is 9.41. The molecule has 0 fully saturated rings. The molecule has 0 atom stereocenters. The normalized spacial score (nSPS) is 13.5. The Balaban J connectivity index is 1.48. The number of aliphatic imine (C=N–C) groups is 1. The molecule has 2 aromatic rings. The van der Waals surface area contributed by atoms with E-state index in [1.54, 1.807) is 35.3 Å². The SMILES string of the molecule is O=C(NCCSc1ccc(Cl)cc1)c1ccccc1CSC1=NCCS1. The minimum Gasteiger partial charge on any atom is -0.351 e. The number of hydrogen-bond donors (Lipinski definition) is 1. The van der Waals surface area contributed by atoms with Gasteiger partial charge < -0.3 is 5.32 Å². The Bertz CT molecular complexity index is 781. The third-order valence-corrected chi connectivity index (χ3v) is 7.21. The number of thioether (sulfide) groups is 3. The van der Waals surface area contributed by atoms with E-state index in [1.165, 1.54) is 0 Å². The van der Waals surface area contributed by atoms with Crippen molar-refractivity contribution < 1.29 is 4.79 Å². The van der Waals surface area contributed by atoms with Gasteiger partial charge >= 0.3 is 0 Å². The summed E-state index contributed by atoms with van der Waals surface area (Å²) < 4.78 is 1.12. The molecule has 0 saturated heterocycles. The summed E-state index contributed by atoms with van der Waals surface area (Å²) in [6.45, 7) is 1.52. The maximum atomic E-state index is 12.5. The van der Waals surface area contributed by atoms with Gasteiger partial charge in [-0.3, -0.25) is 9.79 Å². The molecule has 1 N–H and O–H groups in total. The number of rotatable bonds is 7. The van der Waals surface area contributed by atoms with Crippen LogP contribution in [0.15, 0.2) is 58.4 Å². The lowest BCUT2D eigenvalue weighted by Gasteiger charge is -2.10. The molecule has 0 aliphatic carbocycles. The zero-order valence-corrected chi connectivity index (χ0v) is 17.3. The summed E-state index contributed by atoms with van der Waals surface area (Å²) in [5.74, 6) is 2.64. The highest BCUT2D eigenvalue weighted by atomic mass is 35.5. The van der Waals surface area contributed by atoms with Crippen LogP contribution in [0.5, 0.6) is 0 Å². The molecule has 7 heteroatoms. The summed E-state index contributed by atoms with van der Waals surface area (Å²) in [6.07, 6.45) is 0. The minimum atomic E-state index is -0.0149. The molecule has 0 saturated carbocycles. The molecule has 0 unspecified atom stereocenters. The lowest BCUT2D eigenvalue weighted by Crippen LogP contribution is -2.26. The van der Waals surface area contributed by atoms with E-state index in [2.05, 4.69) is 10.3 Å². The van der Waals surface area contributed by atoms with Crippen LogP contribution in [0.1, 0.15) is 15.9 Å². The van der Waals surface area contributed by atoms with Crippen molar-refractivity contribution in [2.75, 3.05) is 24.6 Å². The van der Waals surface area contributed by atoms with Crippen LogP contribution in [-0.2, 0) is 5.75 Å². The molecule has 136 valence electrons. The highest BCUT2D eigenvalue weighted by molar-refractivity contribution is 8.38. The van der Waals surface area contributed by atoms with Crippen molar-refractivity contribution in [3.05, 3.63) is 64.7 Å². The van der Waals surface area contributed by atoms with Gasteiger partial charge in [0.1, 0.15) is 4.38 Å². The molecule has 1 aliphatic heterocycles. The van der Waals surface area contributed by atoms with Gasteiger partial charge in [0, 0.05) is 39.3 Å². The lowest BCUT2D eigenvalue weighted by molar-refractivity contribution is 0.0955. The molecule has 0 bridgehead atoms. The summed E-state index contributed by atoms with van der Waals surface area (Å²) in [5.41, 5.74) is 1.80. The largest absolute Gasteiger partial charge is 0.351 e. The van der Waals surface area contributed by atoms with Gasteiger partial charge in [-0.1, -0.05) is 53.3 Å². The van der Waals surface area contributed by atoms with Gasteiger partial charge in [0.15, 0.2) is 0 Å². The standard InChI is InChI=1S/C19H19ClN2OS3/c20-15-5-7-16(8-6-15)24-11-9-21-18(23)17-4-2-1-3-14(17)13-26-19-22-10-12-25-19/h1-8H,9-13H2,(H,21,23). The minimum absolute atomic E-state index is 0.0149. The van der Waals surface area contributed by atoms with Gasteiger partial charge in [-0.15, -0.1) is 11.8 Å². The summed E-state index contributed by atoms with van der Waals surface area (Å²) in [7, 11) is 0. The van der Waals surface area contributed by atoms with Crippen molar-refractivity contribution in [1.29, 1.82) is 0 Å². The number of hydrogen-bond acceptors (Lipinski definition) is 5. The number of benzene rings is 2. The molecular weight excluding hydrogens is 404 g/mol. The van der Waals surface area contributed by atoms with Crippen molar-refractivity contribution in [1.82, 2.24) is 5.32 Å². The fraction of sp³-hybridized carbons (Fsp3) is 0.263. The molecule has 1 amide bonds. The van der Waals surface area contributed by atoms with E-state index in [9.17, 15) is 4.79 Å². The van der Waals surface area contributed by atoms with Gasteiger partial charge in [0.25, 0.3) is 5.91 Å². The first-order valence-corrected chi connectivity index (χ1v) is 11.6. The van der Waals surface area contributed by atoms with Crippen molar-refractivity contribution in [2.45, 2.75) is 10.6 Å². The average molecular weight is 423 g/mol. The molecule has 0 spiro atoms. The molecular formula is C19H19ClN2OS3. The molecule has 1 aliphatic rings. The number of nitrogens with one attached hydrogen (secondary N) is 1. The van der Waals surface area contributed by atoms with Crippen LogP contribution in [-0.4, -0.2) is 34.9 Å². The first-order valence-electron chi connectivity index (χ1n) is 8.27. The molecule has 1 heterocycles. The van der Waals surface area contributed by atoms with Crippen LogP contribution in [0.2, 0.25) is 5.02 Å². The van der Waals surface area contributed by atoms with Crippen molar-refractivity contribution in [2.24, 2.45) is 4.99 Å². The molecule has 3 nitrogen and oxygen atoms in total. The molecule has 3 rings (SSSR count). The summed E-state index contributed by atoms with van der Waals surface area (Å²) in [5, 5.41) is 3.75. The van der Waals surface area contributed by atoms with Gasteiger partial charge in [0.05, 0.1) is 6.54 Å². The topological polar surface area (TPSA) is 41.5 Å². The van der Waals surface area contributed by atoms with E-state index in [0.29, 0.717) is 6.54 Å². The second kappa shape index (κ2) is 10.3. The highest BCUT2D eigenvalue weighted by Gasteiger charge is 2.13. The number of nitrogens with zero attached hydrogens (tertiary/aromatic N) is 1. The maximum absolute atomic E-state index is 12.5. The molecule has 26 heavy (non-hydrogen) atoms. The van der Waals surface area contributed by atoms with Crippen LogP contribution in [0.25, 0.3) is 0 Å². The van der Waals surface area contributed by atoms with E-state index >= 15 is 0 Å². The predicted molar refractivity (Wildman–Crippen MR) is 117 cm³/mol. The Labute approximate surface area is 171 Å². The third kappa shape index (κ3) is 5.98. The smallest absolute Gasteiger partial charge is 0.251 e. The van der Waals surface area contributed by atoms with Crippen LogP contribution < -0.4 is 5.32 Å². The van der Waals surface area contributed by atoms with E-state index < -0.39 is 0 Å². The van der Waals surface area contributed by atoms with Crippen LogP contribution in [0.3, 0.4) is 0 Å². The van der Waals surface area contributed by atoms with Crippen LogP contribution in [0.4, 0.5) is 0 Å². The maximum Gasteiger partial charge on any atom is 0.251 e. The number of amides is 1. The third-order valence-electron chi connectivity index (χ3n) is 3.64.